The fourth-order valence-electron chi connectivity index (χ4n) is 2.35. The quantitative estimate of drug-likeness (QED) is 0.826. The second kappa shape index (κ2) is 5.28. The molecular formula is C13H19BrN2. The van der Waals surface area contributed by atoms with Crippen LogP contribution in [0.3, 0.4) is 0 Å². The molecule has 1 saturated heterocycles. The van der Waals surface area contributed by atoms with Gasteiger partial charge in [-0.05, 0) is 61.3 Å². The highest BCUT2D eigenvalue weighted by Gasteiger charge is 2.23. The summed E-state index contributed by atoms with van der Waals surface area (Å²) < 4.78 is 1.06. The van der Waals surface area contributed by atoms with Gasteiger partial charge in [0, 0.05) is 34.9 Å². The molecule has 16 heavy (non-hydrogen) atoms. The summed E-state index contributed by atoms with van der Waals surface area (Å²) >= 11 is 3.43. The number of aromatic nitrogens is 1. The van der Waals surface area contributed by atoms with Crippen LogP contribution in [0.15, 0.2) is 22.8 Å². The molecule has 1 aliphatic rings. The van der Waals surface area contributed by atoms with Crippen molar-refractivity contribution in [2.75, 3.05) is 13.1 Å². The van der Waals surface area contributed by atoms with Gasteiger partial charge in [0.05, 0.1) is 0 Å². The minimum atomic E-state index is 0.615. The summed E-state index contributed by atoms with van der Waals surface area (Å²) in [5.41, 5.74) is 1.24. The number of hydrogen-bond acceptors (Lipinski definition) is 2. The van der Waals surface area contributed by atoms with Crippen molar-refractivity contribution < 1.29 is 0 Å². The maximum atomic E-state index is 4.52. The Balaban J connectivity index is 2.06. The Kier molecular flexibility index (Phi) is 3.98. The van der Waals surface area contributed by atoms with E-state index in [-0.39, 0.29) is 0 Å². The Hall–Kier alpha value is -0.410. The first-order valence-corrected chi connectivity index (χ1v) is 6.81. The maximum absolute atomic E-state index is 4.52. The van der Waals surface area contributed by atoms with Crippen LogP contribution in [-0.4, -0.2) is 29.0 Å². The van der Waals surface area contributed by atoms with Crippen molar-refractivity contribution >= 4 is 15.9 Å². The average molecular weight is 283 g/mol. The van der Waals surface area contributed by atoms with Crippen LogP contribution < -0.4 is 0 Å². The number of likely N-dealkylation sites (tertiary alicyclic amines) is 1. The molecule has 0 amide bonds. The van der Waals surface area contributed by atoms with Gasteiger partial charge in [0.1, 0.15) is 0 Å². The van der Waals surface area contributed by atoms with Crippen LogP contribution in [0.25, 0.3) is 0 Å². The van der Waals surface area contributed by atoms with Gasteiger partial charge in [-0.1, -0.05) is 0 Å². The van der Waals surface area contributed by atoms with Crippen LogP contribution in [0.5, 0.6) is 0 Å². The van der Waals surface area contributed by atoms with Gasteiger partial charge in [-0.3, -0.25) is 4.98 Å². The third-order valence-electron chi connectivity index (χ3n) is 3.35. The fourth-order valence-corrected chi connectivity index (χ4v) is 2.58. The van der Waals surface area contributed by atoms with Crippen molar-refractivity contribution in [3.05, 3.63) is 28.5 Å². The fraction of sp³-hybridized carbons (Fsp3) is 0.615. The van der Waals surface area contributed by atoms with Crippen LogP contribution >= 0.6 is 15.9 Å². The Morgan fingerprint density at radius 3 is 2.88 bits per heavy atom. The lowest BCUT2D eigenvalue weighted by molar-refractivity contribution is 0.166. The van der Waals surface area contributed by atoms with Gasteiger partial charge in [0.25, 0.3) is 0 Å². The zero-order valence-corrected chi connectivity index (χ0v) is 11.6. The van der Waals surface area contributed by atoms with E-state index in [0.29, 0.717) is 12.0 Å². The summed E-state index contributed by atoms with van der Waals surface area (Å²) in [7, 11) is 0. The Morgan fingerprint density at radius 2 is 2.25 bits per heavy atom. The summed E-state index contributed by atoms with van der Waals surface area (Å²) in [4.78, 5) is 7.08. The van der Waals surface area contributed by atoms with Crippen LogP contribution in [0.4, 0.5) is 0 Å². The Morgan fingerprint density at radius 1 is 1.44 bits per heavy atom. The predicted octanol–water partition coefficient (Wildman–Crippen LogP) is 3.43. The minimum absolute atomic E-state index is 0.615. The molecule has 88 valence electrons. The number of rotatable bonds is 2. The van der Waals surface area contributed by atoms with Crippen LogP contribution in [0.1, 0.15) is 38.3 Å². The molecule has 0 unspecified atom stereocenters. The topological polar surface area (TPSA) is 16.1 Å². The van der Waals surface area contributed by atoms with E-state index in [1.807, 2.05) is 6.20 Å². The first kappa shape index (κ1) is 12.1. The van der Waals surface area contributed by atoms with Gasteiger partial charge in [-0.25, -0.2) is 0 Å². The normalized spacial score (nSPS) is 22.6. The van der Waals surface area contributed by atoms with E-state index >= 15 is 0 Å². The highest BCUT2D eigenvalue weighted by atomic mass is 79.9. The van der Waals surface area contributed by atoms with Crippen molar-refractivity contribution in [2.45, 2.75) is 38.6 Å². The van der Waals surface area contributed by atoms with E-state index in [1.54, 1.807) is 0 Å². The van der Waals surface area contributed by atoms with E-state index < -0.39 is 0 Å². The van der Waals surface area contributed by atoms with E-state index in [9.17, 15) is 0 Å². The van der Waals surface area contributed by atoms with Gasteiger partial charge in [0.2, 0.25) is 0 Å². The molecule has 0 aliphatic carbocycles. The van der Waals surface area contributed by atoms with Crippen molar-refractivity contribution in [1.82, 2.24) is 9.88 Å². The van der Waals surface area contributed by atoms with Crippen LogP contribution in [-0.2, 0) is 0 Å². The molecule has 3 heteroatoms. The Bertz CT molecular complexity index is 334. The monoisotopic (exact) mass is 282 g/mol. The first-order chi connectivity index (χ1) is 7.66. The van der Waals surface area contributed by atoms with Crippen molar-refractivity contribution in [3.63, 3.8) is 0 Å². The van der Waals surface area contributed by atoms with Crippen LogP contribution in [0, 0.1) is 0 Å². The molecule has 0 saturated carbocycles. The maximum Gasteiger partial charge on any atom is 0.0448 e. The van der Waals surface area contributed by atoms with Gasteiger partial charge in [-0.2, -0.15) is 0 Å². The summed E-state index contributed by atoms with van der Waals surface area (Å²) in [6.07, 6.45) is 4.47. The molecule has 0 radical (unpaired) electrons. The summed E-state index contributed by atoms with van der Waals surface area (Å²) in [5, 5.41) is 0. The SMILES string of the molecule is CC(C)N1CCC[C@H](c2ccc(Br)cn2)C1. The van der Waals surface area contributed by atoms with Crippen molar-refractivity contribution in [3.8, 4) is 0 Å². The van der Waals surface area contributed by atoms with Gasteiger partial charge < -0.3 is 4.90 Å². The highest BCUT2D eigenvalue weighted by molar-refractivity contribution is 9.10. The van der Waals surface area contributed by atoms with Crippen LogP contribution in [0.2, 0.25) is 0 Å². The van der Waals surface area contributed by atoms with Gasteiger partial charge in [-0.15, -0.1) is 0 Å². The second-order valence-electron chi connectivity index (χ2n) is 4.83. The lowest BCUT2D eigenvalue weighted by Crippen LogP contribution is -2.39. The number of halogens is 1. The molecule has 1 atom stereocenters. The summed E-state index contributed by atoms with van der Waals surface area (Å²) in [5.74, 6) is 0.615. The van der Waals surface area contributed by atoms with Gasteiger partial charge >= 0.3 is 0 Å². The van der Waals surface area contributed by atoms with Gasteiger partial charge in [0.15, 0.2) is 0 Å². The van der Waals surface area contributed by atoms with E-state index in [1.165, 1.54) is 25.1 Å². The third-order valence-corrected chi connectivity index (χ3v) is 3.82. The molecule has 0 N–H and O–H groups in total. The molecule has 0 aromatic carbocycles. The third kappa shape index (κ3) is 2.83. The molecule has 1 aromatic rings. The largest absolute Gasteiger partial charge is 0.300 e. The van der Waals surface area contributed by atoms with E-state index in [2.05, 4.69) is 51.8 Å². The second-order valence-corrected chi connectivity index (χ2v) is 5.74. The molecule has 1 aromatic heterocycles. The van der Waals surface area contributed by atoms with E-state index in [0.717, 1.165) is 11.0 Å². The molecular weight excluding hydrogens is 264 g/mol. The summed E-state index contributed by atoms with van der Waals surface area (Å²) in [6.45, 7) is 6.95. The molecule has 2 nitrogen and oxygen atoms in total. The highest BCUT2D eigenvalue weighted by Crippen LogP contribution is 2.27. The lowest BCUT2D eigenvalue weighted by Gasteiger charge is -2.35. The molecule has 2 rings (SSSR count). The predicted molar refractivity (Wildman–Crippen MR) is 70.6 cm³/mol. The lowest BCUT2D eigenvalue weighted by atomic mass is 9.93. The summed E-state index contributed by atoms with van der Waals surface area (Å²) in [6, 6.07) is 4.90. The van der Waals surface area contributed by atoms with Crippen molar-refractivity contribution in [1.29, 1.82) is 0 Å². The number of hydrogen-bond donors (Lipinski definition) is 0. The number of piperidine rings is 1. The number of nitrogens with zero attached hydrogens (tertiary/aromatic N) is 2. The molecule has 1 aliphatic heterocycles. The zero-order valence-electron chi connectivity index (χ0n) is 9.99. The smallest absolute Gasteiger partial charge is 0.0448 e. The molecule has 0 bridgehead atoms. The standard InChI is InChI=1S/C13H19BrN2/c1-10(2)16-7-3-4-11(9-16)13-6-5-12(14)8-15-13/h5-6,8,10-11H,3-4,7,9H2,1-2H3/t11-/m0/s1. The molecule has 2 heterocycles. The minimum Gasteiger partial charge on any atom is -0.300 e. The Labute approximate surface area is 106 Å². The van der Waals surface area contributed by atoms with E-state index in [4.69, 9.17) is 0 Å². The van der Waals surface area contributed by atoms with Crippen molar-refractivity contribution in [2.24, 2.45) is 0 Å². The molecule has 0 spiro atoms. The first-order valence-electron chi connectivity index (χ1n) is 6.02. The zero-order chi connectivity index (χ0) is 11.5. The molecule has 1 fully saturated rings. The average Bonchev–Trinajstić information content (AvgIpc) is 2.30. The number of pyridine rings is 1.